The van der Waals surface area contributed by atoms with E-state index in [-0.39, 0.29) is 39.2 Å². The first-order valence-corrected chi connectivity index (χ1v) is 19.7. The monoisotopic (exact) mass is 693 g/mol. The van der Waals surface area contributed by atoms with Crippen molar-refractivity contribution in [3.63, 3.8) is 0 Å². The van der Waals surface area contributed by atoms with Gasteiger partial charge in [0.2, 0.25) is 25.6 Å². The van der Waals surface area contributed by atoms with Crippen molar-refractivity contribution in [2.24, 2.45) is 0 Å². The Kier molecular flexibility index (Phi) is 11.6. The average molecular weight is 694 g/mol. The molecule has 13 heteroatoms. The van der Waals surface area contributed by atoms with Gasteiger partial charge in [-0.3, -0.25) is 9.36 Å². The average Bonchev–Trinajstić information content (AvgIpc) is 3.03. The molecule has 4 rings (SSSR count). The van der Waals surface area contributed by atoms with E-state index in [1.165, 1.54) is 66.7 Å². The molecule has 9 nitrogen and oxygen atoms in total. The number of sulfone groups is 1. The lowest BCUT2D eigenvalue weighted by atomic mass is 9.92. The van der Waals surface area contributed by atoms with Gasteiger partial charge in [0.1, 0.15) is 4.91 Å². The number of Topliss-reactive ketones (excluding diaryl/α,β-unsaturated/α-hetero) is 1. The van der Waals surface area contributed by atoms with Gasteiger partial charge in [0.05, 0.1) is 23.0 Å². The van der Waals surface area contributed by atoms with Crippen molar-refractivity contribution < 1.29 is 35.2 Å². The van der Waals surface area contributed by atoms with Crippen LogP contribution in [0.15, 0.2) is 99.6 Å². The summed E-state index contributed by atoms with van der Waals surface area (Å²) in [6, 6.07) is 18.4. The molecule has 0 spiro atoms. The second-order valence-electron chi connectivity index (χ2n) is 10.6. The first-order chi connectivity index (χ1) is 21.4. The van der Waals surface area contributed by atoms with Crippen molar-refractivity contribution in [3.05, 3.63) is 106 Å². The maximum Gasteiger partial charge on any atom is 0.360 e. The topological polar surface area (TPSA) is 133 Å². The van der Waals surface area contributed by atoms with Crippen LogP contribution >= 0.6 is 19.2 Å². The highest BCUT2D eigenvalue weighted by Gasteiger charge is 2.58. The molecule has 45 heavy (non-hydrogen) atoms. The Balaban J connectivity index is 2.05. The predicted octanol–water partition coefficient (Wildman–Crippen LogP) is 7.63. The quantitative estimate of drug-likeness (QED) is 0.120. The molecule has 0 saturated heterocycles. The molecule has 1 aliphatic rings. The second-order valence-corrected chi connectivity index (χ2v) is 16.9. The number of carbonyl (C=O) groups is 1. The Labute approximate surface area is 270 Å². The standard InChI is InChI=1S/C32H37ClNO8PS2/c1-3-5-12-22-41-43(36,42-23-13-6-4-2)32(34-45(39,40)27-20-18-25(33)19-21-27)24-30(31(35)28-16-10-11-17-29(28)32)44(37,38)26-14-8-7-9-15-26/h7-11,14-21,24,34H,3-6,12-13,22-23H2,1-2H3. The van der Waals surface area contributed by atoms with Crippen molar-refractivity contribution in [2.45, 2.75) is 67.4 Å². The molecule has 0 aliphatic heterocycles. The first kappa shape index (κ1) is 35.2. The fourth-order valence-corrected chi connectivity index (χ4v) is 10.6. The summed E-state index contributed by atoms with van der Waals surface area (Å²) in [5, 5.41) is -2.15. The van der Waals surface area contributed by atoms with Crippen LogP contribution in [0.25, 0.3) is 0 Å². The van der Waals surface area contributed by atoms with Gasteiger partial charge in [-0.25, -0.2) is 16.8 Å². The van der Waals surface area contributed by atoms with Gasteiger partial charge in [-0.15, -0.1) is 0 Å². The zero-order valence-corrected chi connectivity index (χ0v) is 28.4. The molecule has 1 N–H and O–H groups in total. The SMILES string of the molecule is CCCCCOP(=O)(OCCCCC)C1(NS(=O)(=O)c2ccc(Cl)cc2)C=C(S(=O)(=O)c2ccccc2)C(=O)c2ccccc21. The molecule has 0 aromatic heterocycles. The molecular formula is C32H37ClNO8PS2. The highest BCUT2D eigenvalue weighted by atomic mass is 35.5. The Morgan fingerprint density at radius 1 is 0.756 bits per heavy atom. The smallest absolute Gasteiger partial charge is 0.307 e. The van der Waals surface area contributed by atoms with Gasteiger partial charge in [0.25, 0.3) is 0 Å². The molecule has 3 aromatic rings. The van der Waals surface area contributed by atoms with E-state index in [2.05, 4.69) is 4.72 Å². The number of ketones is 1. The van der Waals surface area contributed by atoms with Gasteiger partial charge in [-0.2, -0.15) is 4.72 Å². The van der Waals surface area contributed by atoms with Crippen LogP contribution in [-0.4, -0.2) is 35.8 Å². The van der Waals surface area contributed by atoms with Gasteiger partial charge in [-0.1, -0.05) is 93.6 Å². The normalized spacial score (nSPS) is 17.1. The number of hydrogen-bond acceptors (Lipinski definition) is 8. The van der Waals surface area contributed by atoms with E-state index in [1.54, 1.807) is 12.1 Å². The fraction of sp³-hybridized carbons (Fsp3) is 0.344. The summed E-state index contributed by atoms with van der Waals surface area (Å²) in [6.07, 6.45) is 5.01. The lowest BCUT2D eigenvalue weighted by Crippen LogP contribution is -2.48. The van der Waals surface area contributed by atoms with E-state index in [9.17, 15) is 21.6 Å². The number of fused-ring (bicyclic) bond motifs is 1. The summed E-state index contributed by atoms with van der Waals surface area (Å²) in [5.41, 5.74) is -0.197. The molecule has 1 unspecified atom stereocenters. The number of sulfonamides is 1. The Hall–Kier alpha value is -2.63. The zero-order chi connectivity index (χ0) is 32.7. The number of benzene rings is 3. The maximum absolute atomic E-state index is 15.3. The summed E-state index contributed by atoms with van der Waals surface area (Å²) in [6.45, 7) is 3.84. The molecule has 0 radical (unpaired) electrons. The molecule has 0 bridgehead atoms. The van der Waals surface area contributed by atoms with Crippen molar-refractivity contribution in [2.75, 3.05) is 13.2 Å². The Morgan fingerprint density at radius 3 is 1.89 bits per heavy atom. The number of halogens is 1. The molecular weight excluding hydrogens is 657 g/mol. The van der Waals surface area contributed by atoms with Gasteiger partial charge in [0, 0.05) is 16.1 Å². The largest absolute Gasteiger partial charge is 0.360 e. The van der Waals surface area contributed by atoms with E-state index < -0.39 is 43.4 Å². The van der Waals surface area contributed by atoms with Crippen LogP contribution in [0.4, 0.5) is 0 Å². The molecule has 242 valence electrons. The number of carbonyl (C=O) groups excluding carboxylic acids is 1. The summed E-state index contributed by atoms with van der Waals surface area (Å²) in [7, 11) is -13.8. The van der Waals surface area contributed by atoms with E-state index in [0.29, 0.717) is 12.8 Å². The minimum atomic E-state index is -4.70. The Morgan fingerprint density at radius 2 is 1.31 bits per heavy atom. The fourth-order valence-electron chi connectivity index (χ4n) is 4.96. The van der Waals surface area contributed by atoms with Crippen LogP contribution in [0.3, 0.4) is 0 Å². The second kappa shape index (κ2) is 14.9. The van der Waals surface area contributed by atoms with Crippen molar-refractivity contribution in [1.29, 1.82) is 0 Å². The number of hydrogen-bond donors (Lipinski definition) is 1. The van der Waals surface area contributed by atoms with Crippen molar-refractivity contribution in [1.82, 2.24) is 4.72 Å². The molecule has 0 heterocycles. The third kappa shape index (κ3) is 7.52. The lowest BCUT2D eigenvalue weighted by Gasteiger charge is -2.40. The number of nitrogens with one attached hydrogen (secondary N) is 1. The molecule has 1 aliphatic carbocycles. The van der Waals surface area contributed by atoms with Crippen LogP contribution < -0.4 is 4.72 Å². The third-order valence-corrected chi connectivity index (χ3v) is 13.4. The minimum absolute atomic E-state index is 0.0473. The van der Waals surface area contributed by atoms with Crippen LogP contribution in [0, 0.1) is 0 Å². The summed E-state index contributed by atoms with van der Waals surface area (Å²) in [4.78, 5) is 12.7. The summed E-state index contributed by atoms with van der Waals surface area (Å²) < 4.78 is 86.2. The molecule has 1 atom stereocenters. The summed E-state index contributed by atoms with van der Waals surface area (Å²) >= 11 is 6.02. The summed E-state index contributed by atoms with van der Waals surface area (Å²) in [5.74, 6) is -0.876. The van der Waals surface area contributed by atoms with Crippen LogP contribution in [0.2, 0.25) is 5.02 Å². The first-order valence-electron chi connectivity index (χ1n) is 14.8. The maximum atomic E-state index is 15.3. The predicted molar refractivity (Wildman–Crippen MR) is 174 cm³/mol. The minimum Gasteiger partial charge on any atom is -0.307 e. The van der Waals surface area contributed by atoms with E-state index in [4.69, 9.17) is 20.6 Å². The van der Waals surface area contributed by atoms with Crippen molar-refractivity contribution >= 4 is 44.8 Å². The number of rotatable bonds is 16. The van der Waals surface area contributed by atoms with Gasteiger partial charge in [-0.05, 0) is 55.3 Å². The van der Waals surface area contributed by atoms with Gasteiger partial charge in [0.15, 0.2) is 5.28 Å². The zero-order valence-electron chi connectivity index (χ0n) is 25.1. The van der Waals surface area contributed by atoms with Gasteiger partial charge < -0.3 is 9.05 Å². The van der Waals surface area contributed by atoms with Crippen LogP contribution in [0.5, 0.6) is 0 Å². The third-order valence-electron chi connectivity index (χ3n) is 7.35. The molecule has 0 saturated carbocycles. The molecule has 0 amide bonds. The Bertz CT molecular complexity index is 1780. The van der Waals surface area contributed by atoms with Crippen molar-refractivity contribution in [3.8, 4) is 0 Å². The lowest BCUT2D eigenvalue weighted by molar-refractivity contribution is 0.103. The van der Waals surface area contributed by atoms with Crippen LogP contribution in [-0.2, 0) is 38.8 Å². The van der Waals surface area contributed by atoms with Gasteiger partial charge >= 0.3 is 7.60 Å². The highest BCUT2D eigenvalue weighted by molar-refractivity contribution is 7.96. The molecule has 0 fully saturated rings. The number of allylic oxidation sites excluding steroid dienone is 1. The van der Waals surface area contributed by atoms with E-state index in [0.717, 1.165) is 31.8 Å². The van der Waals surface area contributed by atoms with E-state index in [1.807, 2.05) is 13.8 Å². The number of unbranched alkanes of at least 4 members (excludes halogenated alkanes) is 4. The van der Waals surface area contributed by atoms with Crippen LogP contribution in [0.1, 0.15) is 68.3 Å². The molecule has 3 aromatic carbocycles. The van der Waals surface area contributed by atoms with E-state index >= 15 is 4.57 Å². The highest BCUT2D eigenvalue weighted by Crippen LogP contribution is 2.67.